The maximum Gasteiger partial charge on any atom is 0.268 e. The van der Waals surface area contributed by atoms with Gasteiger partial charge in [-0.25, -0.2) is 4.98 Å². The summed E-state index contributed by atoms with van der Waals surface area (Å²) < 4.78 is 6.26. The van der Waals surface area contributed by atoms with Crippen molar-refractivity contribution in [2.45, 2.75) is 26.0 Å². The van der Waals surface area contributed by atoms with Crippen LogP contribution in [0.3, 0.4) is 0 Å². The van der Waals surface area contributed by atoms with Crippen molar-refractivity contribution in [1.29, 1.82) is 0 Å². The smallest absolute Gasteiger partial charge is 0.268 e. The van der Waals surface area contributed by atoms with Crippen LogP contribution in [0.5, 0.6) is 5.75 Å². The predicted octanol–water partition coefficient (Wildman–Crippen LogP) is 1.54. The van der Waals surface area contributed by atoms with E-state index in [2.05, 4.69) is 31.5 Å². The molecule has 6 heteroatoms. The van der Waals surface area contributed by atoms with Crippen LogP contribution in [-0.2, 0) is 4.79 Å². The molecule has 17 heavy (non-hydrogen) atoms. The molecule has 1 aromatic heterocycles. The number of carbonyl (C=O) groups is 1. The van der Waals surface area contributed by atoms with Gasteiger partial charge in [-0.1, -0.05) is 13.8 Å². The number of aromatic nitrogens is 1. The number of hydrogen-bond donors (Lipinski definition) is 2. The zero-order chi connectivity index (χ0) is 12.4. The lowest BCUT2D eigenvalue weighted by atomic mass is 10.2. The number of rotatable bonds is 3. The fraction of sp³-hybridized carbons (Fsp3) is 0.455. The fourth-order valence-electron chi connectivity index (χ4n) is 1.49. The van der Waals surface area contributed by atoms with Gasteiger partial charge in [0.2, 0.25) is 0 Å². The SMILES string of the molecule is CC(C)NCC1Oc2ccc(Br)nc2NC1=O. The lowest BCUT2D eigenvalue weighted by Gasteiger charge is -2.25. The number of hydrogen-bond acceptors (Lipinski definition) is 4. The van der Waals surface area contributed by atoms with Crippen molar-refractivity contribution in [3.05, 3.63) is 16.7 Å². The minimum Gasteiger partial charge on any atom is -0.475 e. The van der Waals surface area contributed by atoms with Crippen LogP contribution in [0.25, 0.3) is 0 Å². The first-order chi connectivity index (χ1) is 8.06. The molecule has 0 radical (unpaired) electrons. The maximum atomic E-state index is 11.7. The highest BCUT2D eigenvalue weighted by molar-refractivity contribution is 9.10. The zero-order valence-corrected chi connectivity index (χ0v) is 11.2. The van der Waals surface area contributed by atoms with Crippen molar-refractivity contribution in [1.82, 2.24) is 10.3 Å². The van der Waals surface area contributed by atoms with Crippen molar-refractivity contribution in [2.24, 2.45) is 0 Å². The molecule has 0 spiro atoms. The van der Waals surface area contributed by atoms with Gasteiger partial charge in [-0.3, -0.25) is 4.79 Å². The van der Waals surface area contributed by atoms with E-state index in [1.54, 1.807) is 12.1 Å². The van der Waals surface area contributed by atoms with Crippen molar-refractivity contribution in [2.75, 3.05) is 11.9 Å². The van der Waals surface area contributed by atoms with Gasteiger partial charge in [-0.05, 0) is 28.1 Å². The van der Waals surface area contributed by atoms with Crippen molar-refractivity contribution >= 4 is 27.7 Å². The largest absolute Gasteiger partial charge is 0.475 e. The summed E-state index contributed by atoms with van der Waals surface area (Å²) >= 11 is 3.24. The Morgan fingerprint density at radius 1 is 1.59 bits per heavy atom. The first-order valence-corrected chi connectivity index (χ1v) is 6.23. The number of anilines is 1. The Bertz CT molecular complexity index is 437. The first-order valence-electron chi connectivity index (χ1n) is 5.43. The number of amides is 1. The fourth-order valence-corrected chi connectivity index (χ4v) is 1.80. The molecule has 2 N–H and O–H groups in total. The highest BCUT2D eigenvalue weighted by Gasteiger charge is 2.28. The normalized spacial score (nSPS) is 18.6. The quantitative estimate of drug-likeness (QED) is 0.831. The van der Waals surface area contributed by atoms with Gasteiger partial charge < -0.3 is 15.4 Å². The molecule has 0 fully saturated rings. The number of nitrogens with zero attached hydrogens (tertiary/aromatic N) is 1. The number of carbonyl (C=O) groups excluding carboxylic acids is 1. The van der Waals surface area contributed by atoms with E-state index < -0.39 is 6.10 Å². The Balaban J connectivity index is 2.10. The van der Waals surface area contributed by atoms with Crippen LogP contribution in [0.1, 0.15) is 13.8 Å². The molecular weight excluding hydrogens is 286 g/mol. The van der Waals surface area contributed by atoms with Crippen LogP contribution >= 0.6 is 15.9 Å². The Hall–Kier alpha value is -1.14. The molecule has 1 amide bonds. The number of pyridine rings is 1. The summed E-state index contributed by atoms with van der Waals surface area (Å²) in [5.74, 6) is 0.893. The Morgan fingerprint density at radius 2 is 2.35 bits per heavy atom. The van der Waals surface area contributed by atoms with E-state index in [1.807, 2.05) is 13.8 Å². The standard InChI is InChI=1S/C11H14BrN3O2/c1-6(2)13-5-8-11(16)15-10-7(17-8)3-4-9(12)14-10/h3-4,6,8,13H,5H2,1-2H3,(H,14,15,16). The molecule has 5 nitrogen and oxygen atoms in total. The molecule has 1 atom stereocenters. The third-order valence-corrected chi connectivity index (χ3v) is 2.78. The third-order valence-electron chi connectivity index (χ3n) is 2.34. The van der Waals surface area contributed by atoms with Crippen LogP contribution < -0.4 is 15.4 Å². The maximum absolute atomic E-state index is 11.7. The van der Waals surface area contributed by atoms with E-state index in [-0.39, 0.29) is 5.91 Å². The average Bonchev–Trinajstić information content (AvgIpc) is 2.26. The minimum atomic E-state index is -0.507. The molecule has 2 rings (SSSR count). The summed E-state index contributed by atoms with van der Waals surface area (Å²) in [6.07, 6.45) is -0.507. The van der Waals surface area contributed by atoms with Crippen LogP contribution in [0, 0.1) is 0 Å². The van der Waals surface area contributed by atoms with Crippen LogP contribution in [0.2, 0.25) is 0 Å². The van der Waals surface area contributed by atoms with Gasteiger partial charge in [-0.2, -0.15) is 0 Å². The second kappa shape index (κ2) is 5.01. The Kier molecular flexibility index (Phi) is 3.63. The van der Waals surface area contributed by atoms with Crippen molar-refractivity contribution in [3.8, 4) is 5.75 Å². The molecule has 0 saturated heterocycles. The van der Waals surface area contributed by atoms with Crippen molar-refractivity contribution < 1.29 is 9.53 Å². The molecule has 1 unspecified atom stereocenters. The van der Waals surface area contributed by atoms with E-state index in [0.717, 1.165) is 0 Å². The highest BCUT2D eigenvalue weighted by atomic mass is 79.9. The molecule has 1 aliphatic rings. The summed E-state index contributed by atoms with van der Waals surface area (Å²) in [5.41, 5.74) is 0. The lowest BCUT2D eigenvalue weighted by Crippen LogP contribution is -2.45. The van der Waals surface area contributed by atoms with E-state index >= 15 is 0 Å². The number of fused-ring (bicyclic) bond motifs is 1. The lowest BCUT2D eigenvalue weighted by molar-refractivity contribution is -0.123. The van der Waals surface area contributed by atoms with Gasteiger partial charge in [0.25, 0.3) is 5.91 Å². The predicted molar refractivity (Wildman–Crippen MR) is 68.1 cm³/mol. The first kappa shape index (κ1) is 12.3. The minimum absolute atomic E-state index is 0.170. The van der Waals surface area contributed by atoms with Gasteiger partial charge in [0.15, 0.2) is 17.7 Å². The molecular formula is C11H14BrN3O2. The summed E-state index contributed by atoms with van der Waals surface area (Å²) in [6.45, 7) is 4.53. The zero-order valence-electron chi connectivity index (χ0n) is 9.66. The average molecular weight is 300 g/mol. The van der Waals surface area contributed by atoms with E-state index in [9.17, 15) is 4.79 Å². The second-order valence-corrected chi connectivity index (χ2v) is 4.95. The van der Waals surface area contributed by atoms with Gasteiger partial charge in [0.1, 0.15) is 4.60 Å². The molecule has 2 heterocycles. The number of ether oxygens (including phenoxy) is 1. The molecule has 1 aromatic rings. The number of nitrogens with one attached hydrogen (secondary N) is 2. The van der Waals surface area contributed by atoms with Gasteiger partial charge >= 0.3 is 0 Å². The molecule has 0 bridgehead atoms. The van der Waals surface area contributed by atoms with Crippen LogP contribution in [-0.4, -0.2) is 29.6 Å². The summed E-state index contributed by atoms with van der Waals surface area (Å²) in [6, 6.07) is 3.88. The summed E-state index contributed by atoms with van der Waals surface area (Å²) in [7, 11) is 0. The van der Waals surface area contributed by atoms with Gasteiger partial charge in [0.05, 0.1) is 0 Å². The number of halogens is 1. The topological polar surface area (TPSA) is 63.2 Å². The van der Waals surface area contributed by atoms with Crippen LogP contribution in [0.4, 0.5) is 5.82 Å². The molecule has 1 aliphatic heterocycles. The highest BCUT2D eigenvalue weighted by Crippen LogP contribution is 2.28. The van der Waals surface area contributed by atoms with Gasteiger partial charge in [-0.15, -0.1) is 0 Å². The monoisotopic (exact) mass is 299 g/mol. The third kappa shape index (κ3) is 2.95. The Labute approximate surface area is 108 Å². The van der Waals surface area contributed by atoms with E-state index in [1.165, 1.54) is 0 Å². The molecule has 0 aromatic carbocycles. The van der Waals surface area contributed by atoms with Crippen molar-refractivity contribution in [3.63, 3.8) is 0 Å². The van der Waals surface area contributed by atoms with E-state index in [0.29, 0.717) is 28.8 Å². The second-order valence-electron chi connectivity index (χ2n) is 4.14. The molecule has 0 saturated carbocycles. The van der Waals surface area contributed by atoms with Gasteiger partial charge in [0, 0.05) is 12.6 Å². The Morgan fingerprint density at radius 3 is 3.06 bits per heavy atom. The van der Waals surface area contributed by atoms with Crippen LogP contribution in [0.15, 0.2) is 16.7 Å². The summed E-state index contributed by atoms with van der Waals surface area (Å²) in [4.78, 5) is 15.9. The van der Waals surface area contributed by atoms with E-state index in [4.69, 9.17) is 4.74 Å². The summed E-state index contributed by atoms with van der Waals surface area (Å²) in [5, 5.41) is 5.90. The molecule has 92 valence electrons. The molecule has 0 aliphatic carbocycles.